The van der Waals surface area contributed by atoms with Crippen molar-refractivity contribution in [2.75, 3.05) is 0 Å². The van der Waals surface area contributed by atoms with E-state index in [2.05, 4.69) is 50.6 Å². The summed E-state index contributed by atoms with van der Waals surface area (Å²) in [5.74, 6) is 0.979. The highest BCUT2D eigenvalue weighted by Gasteiger charge is 2.32. The summed E-state index contributed by atoms with van der Waals surface area (Å²) in [5, 5.41) is 5.75. The largest absolute Gasteiger partial charge is 0.347 e. The summed E-state index contributed by atoms with van der Waals surface area (Å²) in [5.41, 5.74) is 4.50. The molecule has 2 aliphatic carbocycles. The van der Waals surface area contributed by atoms with E-state index in [0.717, 1.165) is 62.2 Å². The van der Waals surface area contributed by atoms with Crippen molar-refractivity contribution in [3.05, 3.63) is 53.7 Å². The van der Waals surface area contributed by atoms with Crippen molar-refractivity contribution in [2.45, 2.75) is 58.4 Å². The van der Waals surface area contributed by atoms with E-state index in [4.69, 9.17) is 4.84 Å². The second-order valence-corrected chi connectivity index (χ2v) is 8.98. The van der Waals surface area contributed by atoms with Gasteiger partial charge < -0.3 is 14.0 Å². The van der Waals surface area contributed by atoms with E-state index < -0.39 is 0 Å². The topological polar surface area (TPSA) is 61.4 Å². The number of aromatic nitrogens is 3. The van der Waals surface area contributed by atoms with Gasteiger partial charge in [0.2, 0.25) is 0 Å². The number of nitrogens with zero attached hydrogens (tertiary/aromatic N) is 4. The molecule has 0 amide bonds. The van der Waals surface area contributed by atoms with Crippen LogP contribution in [0.3, 0.4) is 0 Å². The number of hydrogen-bond acceptors (Lipinski definition) is 4. The average molecular weight is 419 g/mol. The summed E-state index contributed by atoms with van der Waals surface area (Å²) in [6.45, 7) is 2.81. The van der Waals surface area contributed by atoms with Gasteiger partial charge in [0.15, 0.2) is 0 Å². The Balaban J connectivity index is 1.53. The van der Waals surface area contributed by atoms with Crippen molar-refractivity contribution in [1.82, 2.24) is 14.1 Å². The van der Waals surface area contributed by atoms with Crippen LogP contribution in [-0.2, 0) is 29.6 Å². The second-order valence-electron chi connectivity index (χ2n) is 8.98. The Kier molecular flexibility index (Phi) is 5.38. The molecule has 2 aliphatic rings. The number of benzene rings is 1. The molecular weight excluding hydrogens is 388 g/mol. The number of oxime groups is 1. The predicted molar refractivity (Wildman–Crippen MR) is 121 cm³/mol. The molecule has 1 unspecified atom stereocenters. The van der Waals surface area contributed by atoms with Crippen molar-refractivity contribution in [3.63, 3.8) is 0 Å². The van der Waals surface area contributed by atoms with E-state index in [-0.39, 0.29) is 17.8 Å². The van der Waals surface area contributed by atoms with E-state index in [1.54, 1.807) is 0 Å². The van der Waals surface area contributed by atoms with Gasteiger partial charge in [-0.1, -0.05) is 42.6 Å². The van der Waals surface area contributed by atoms with Gasteiger partial charge in [-0.05, 0) is 38.7 Å². The van der Waals surface area contributed by atoms with Crippen molar-refractivity contribution in [2.24, 2.45) is 24.0 Å². The van der Waals surface area contributed by atoms with Crippen molar-refractivity contribution >= 4 is 22.6 Å². The lowest BCUT2D eigenvalue weighted by molar-refractivity contribution is -0.149. The summed E-state index contributed by atoms with van der Waals surface area (Å²) < 4.78 is 4.43. The van der Waals surface area contributed by atoms with Crippen LogP contribution < -0.4 is 0 Å². The molecule has 6 heteroatoms. The minimum Gasteiger partial charge on any atom is -0.347 e. The summed E-state index contributed by atoms with van der Waals surface area (Å²) in [4.78, 5) is 22.8. The summed E-state index contributed by atoms with van der Waals surface area (Å²) in [7, 11) is 2.12. The first-order valence-corrected chi connectivity index (χ1v) is 11.5. The van der Waals surface area contributed by atoms with Crippen molar-refractivity contribution in [3.8, 4) is 0 Å². The van der Waals surface area contributed by atoms with E-state index in [1.165, 1.54) is 23.0 Å². The summed E-state index contributed by atoms with van der Waals surface area (Å²) in [6, 6.07) is 8.43. The zero-order valence-corrected chi connectivity index (χ0v) is 18.4. The average Bonchev–Trinajstić information content (AvgIpc) is 3.34. The van der Waals surface area contributed by atoms with Crippen LogP contribution in [0, 0.1) is 18.8 Å². The zero-order valence-electron chi connectivity index (χ0n) is 18.4. The molecule has 3 aromatic rings. The van der Waals surface area contributed by atoms with Gasteiger partial charge in [0, 0.05) is 54.1 Å². The van der Waals surface area contributed by atoms with Crippen LogP contribution in [-0.4, -0.2) is 25.8 Å². The summed E-state index contributed by atoms with van der Waals surface area (Å²) in [6.07, 6.45) is 11.1. The molecule has 5 rings (SSSR count). The molecule has 2 aromatic heterocycles. The van der Waals surface area contributed by atoms with Gasteiger partial charge in [-0.25, -0.2) is 9.78 Å². The number of rotatable bonds is 4. The number of carbonyl (C=O) groups excluding carboxylic acids is 1. The molecule has 0 N–H and O–H groups in total. The lowest BCUT2D eigenvalue weighted by Gasteiger charge is -2.26. The summed E-state index contributed by atoms with van der Waals surface area (Å²) >= 11 is 0. The van der Waals surface area contributed by atoms with Crippen LogP contribution in [0.25, 0.3) is 10.9 Å². The zero-order chi connectivity index (χ0) is 21.4. The van der Waals surface area contributed by atoms with Crippen LogP contribution in [0.15, 0.2) is 41.8 Å². The Labute approximate surface area is 182 Å². The monoisotopic (exact) mass is 418 g/mol. The third-order valence-electron chi connectivity index (χ3n) is 7.11. The maximum Gasteiger partial charge on any atom is 0.338 e. The Morgan fingerprint density at radius 1 is 1.19 bits per heavy atom. The van der Waals surface area contributed by atoms with Crippen LogP contribution in [0.2, 0.25) is 0 Å². The molecule has 0 aliphatic heterocycles. The first-order valence-electron chi connectivity index (χ1n) is 11.5. The quantitative estimate of drug-likeness (QED) is 0.453. The van der Waals surface area contributed by atoms with Gasteiger partial charge in [0.05, 0.1) is 11.6 Å². The number of para-hydroxylation sites is 1. The second kappa shape index (κ2) is 8.33. The number of fused-ring (bicyclic) bond motifs is 3. The first kappa shape index (κ1) is 20.0. The van der Waals surface area contributed by atoms with E-state index in [0.29, 0.717) is 0 Å². The molecule has 0 spiro atoms. The molecule has 0 saturated heterocycles. The minimum absolute atomic E-state index is 0.0111. The van der Waals surface area contributed by atoms with E-state index in [9.17, 15) is 4.79 Å². The molecule has 2 heterocycles. The standard InChI is InChI=1S/C25H30N4O2/c1-17-26-14-15-29(17)16-19-12-13-22-23(20-10-6-7-11-21(20)28(22)2)24(19)27-31-25(30)18-8-4-3-5-9-18/h6-7,10-11,14-15,18-19H,3-5,8-9,12-13,16H2,1-2H3/b27-24+. The van der Waals surface area contributed by atoms with E-state index in [1.807, 2.05) is 19.3 Å². The normalized spacial score (nSPS) is 20.8. The van der Waals surface area contributed by atoms with Crippen LogP contribution in [0.4, 0.5) is 0 Å². The lowest BCUT2D eigenvalue weighted by Crippen LogP contribution is -2.29. The van der Waals surface area contributed by atoms with Gasteiger partial charge in [0.25, 0.3) is 0 Å². The van der Waals surface area contributed by atoms with Gasteiger partial charge in [-0.3, -0.25) is 0 Å². The SMILES string of the molecule is Cc1nccn1CC1CCc2c(c3ccccc3n2C)/C1=N/OC(=O)C1CCCCC1. The van der Waals surface area contributed by atoms with Crippen LogP contribution >= 0.6 is 0 Å². The maximum atomic E-state index is 12.7. The van der Waals surface area contributed by atoms with Gasteiger partial charge in [-0.2, -0.15) is 0 Å². The van der Waals surface area contributed by atoms with Gasteiger partial charge in [-0.15, -0.1) is 0 Å². The van der Waals surface area contributed by atoms with Gasteiger partial charge in [0.1, 0.15) is 5.82 Å². The molecular formula is C25H30N4O2. The van der Waals surface area contributed by atoms with Gasteiger partial charge >= 0.3 is 5.97 Å². The lowest BCUT2D eigenvalue weighted by atomic mass is 9.84. The fourth-order valence-corrected chi connectivity index (χ4v) is 5.32. The smallest absolute Gasteiger partial charge is 0.338 e. The van der Waals surface area contributed by atoms with Crippen LogP contribution in [0.5, 0.6) is 0 Å². The predicted octanol–water partition coefficient (Wildman–Crippen LogP) is 4.77. The molecule has 6 nitrogen and oxygen atoms in total. The molecule has 162 valence electrons. The molecule has 31 heavy (non-hydrogen) atoms. The molecule has 0 bridgehead atoms. The fourth-order valence-electron chi connectivity index (χ4n) is 5.32. The number of aryl methyl sites for hydroxylation is 2. The molecule has 1 saturated carbocycles. The molecule has 1 atom stereocenters. The highest BCUT2D eigenvalue weighted by Crippen LogP contribution is 2.35. The molecule has 1 fully saturated rings. The van der Waals surface area contributed by atoms with Crippen molar-refractivity contribution < 1.29 is 9.63 Å². The highest BCUT2D eigenvalue weighted by molar-refractivity contribution is 6.14. The first-order chi connectivity index (χ1) is 15.1. The fraction of sp³-hybridized carbons (Fsp3) is 0.480. The Hall–Kier alpha value is -2.89. The highest BCUT2D eigenvalue weighted by atomic mass is 16.7. The van der Waals surface area contributed by atoms with E-state index >= 15 is 0 Å². The number of carbonyl (C=O) groups is 1. The van der Waals surface area contributed by atoms with Crippen molar-refractivity contribution in [1.29, 1.82) is 0 Å². The molecule has 0 radical (unpaired) electrons. The maximum absolute atomic E-state index is 12.7. The Morgan fingerprint density at radius 3 is 2.77 bits per heavy atom. The third-order valence-corrected chi connectivity index (χ3v) is 7.11. The molecule has 1 aromatic carbocycles. The van der Waals surface area contributed by atoms with Crippen LogP contribution in [0.1, 0.15) is 55.6 Å². The number of hydrogen-bond donors (Lipinski definition) is 0. The minimum atomic E-state index is -0.169. The number of imidazole rings is 1. The third kappa shape index (κ3) is 3.68. The Morgan fingerprint density at radius 2 is 2.00 bits per heavy atom. The Bertz CT molecular complexity index is 1130.